The molecule has 7 nitrogen and oxygen atoms in total. The van der Waals surface area contributed by atoms with Crippen LogP contribution in [0.2, 0.25) is 0 Å². The average molecular weight is 371 g/mol. The van der Waals surface area contributed by atoms with Crippen LogP contribution in [-0.2, 0) is 17.7 Å². The molecule has 26 heavy (non-hydrogen) atoms. The molecule has 1 aromatic heterocycles. The Morgan fingerprint density at radius 1 is 1.35 bits per heavy atom. The number of nitrogens with one attached hydrogen (secondary N) is 1. The van der Waals surface area contributed by atoms with Gasteiger partial charge in [0.2, 0.25) is 0 Å². The Morgan fingerprint density at radius 3 is 2.85 bits per heavy atom. The summed E-state index contributed by atoms with van der Waals surface area (Å²) in [5.41, 5.74) is 1.79. The number of amides is 2. The number of anilines is 1. The molecule has 3 rings (SSSR count). The Balaban J connectivity index is 1.85. The van der Waals surface area contributed by atoms with Crippen LogP contribution in [-0.4, -0.2) is 37.7 Å². The second-order valence-electron chi connectivity index (χ2n) is 5.65. The van der Waals surface area contributed by atoms with Crippen LogP contribution in [0.3, 0.4) is 0 Å². The summed E-state index contributed by atoms with van der Waals surface area (Å²) in [5.74, 6) is 0.265. The number of methoxy groups -OCH3 is 2. The monoisotopic (exact) mass is 371 g/mol. The number of hydrogen-bond donors (Lipinski definition) is 1. The van der Waals surface area contributed by atoms with Crippen LogP contribution in [0.25, 0.3) is 0 Å². The van der Waals surface area contributed by atoms with Gasteiger partial charge in [-0.05, 0) is 30.2 Å². The van der Waals surface area contributed by atoms with E-state index in [4.69, 9.17) is 9.47 Å². The lowest BCUT2D eigenvalue weighted by molar-refractivity contribution is 0.102. The highest BCUT2D eigenvalue weighted by Gasteiger charge is 2.28. The Bertz CT molecular complexity index is 900. The predicted molar refractivity (Wildman–Crippen MR) is 96.5 cm³/mol. The molecule has 0 saturated carbocycles. The normalized spacial score (nSPS) is 12.7. The first-order valence-electron chi connectivity index (χ1n) is 7.90. The van der Waals surface area contributed by atoms with Crippen molar-refractivity contribution in [2.45, 2.75) is 13.0 Å². The molecular weight excluding hydrogens is 354 g/mol. The smallest absolute Gasteiger partial charge is 0.409 e. The van der Waals surface area contributed by atoms with Crippen molar-refractivity contribution in [2.75, 3.05) is 26.1 Å². The molecule has 0 saturated heterocycles. The van der Waals surface area contributed by atoms with Gasteiger partial charge >= 0.3 is 6.09 Å². The van der Waals surface area contributed by atoms with Crippen LogP contribution in [0.15, 0.2) is 24.3 Å². The van der Waals surface area contributed by atoms with Crippen LogP contribution in [0.4, 0.5) is 9.80 Å². The molecule has 0 unspecified atom stereocenters. The molecule has 134 valence electrons. The van der Waals surface area contributed by atoms with Crippen molar-refractivity contribution in [3.8, 4) is 11.8 Å². The molecule has 2 amide bonds. The lowest BCUT2D eigenvalue weighted by Crippen LogP contribution is -2.35. The van der Waals surface area contributed by atoms with Crippen LogP contribution < -0.4 is 10.1 Å². The summed E-state index contributed by atoms with van der Waals surface area (Å²) in [6.07, 6.45) is 0.156. The molecule has 0 bridgehead atoms. The maximum absolute atomic E-state index is 12.5. The second-order valence-corrected chi connectivity index (χ2v) is 6.75. The maximum atomic E-state index is 12.5. The summed E-state index contributed by atoms with van der Waals surface area (Å²) in [6.45, 7) is 0.852. The number of fused-ring (bicyclic) bond motifs is 1. The minimum Gasteiger partial charge on any atom is -0.497 e. The minimum atomic E-state index is -0.399. The van der Waals surface area contributed by atoms with Crippen molar-refractivity contribution in [3.05, 3.63) is 45.8 Å². The van der Waals surface area contributed by atoms with Crippen molar-refractivity contribution in [3.63, 3.8) is 0 Å². The third-order valence-corrected chi connectivity index (χ3v) is 5.29. The Morgan fingerprint density at radius 2 is 2.15 bits per heavy atom. The van der Waals surface area contributed by atoms with Gasteiger partial charge in [-0.15, -0.1) is 11.3 Å². The highest BCUT2D eigenvalue weighted by molar-refractivity contribution is 7.16. The molecule has 1 aromatic carbocycles. The van der Waals surface area contributed by atoms with Crippen molar-refractivity contribution in [1.82, 2.24) is 4.90 Å². The molecule has 8 heteroatoms. The van der Waals surface area contributed by atoms with Gasteiger partial charge in [0.05, 0.1) is 26.3 Å². The first-order chi connectivity index (χ1) is 12.6. The lowest BCUT2D eigenvalue weighted by atomic mass is 10.0. The van der Waals surface area contributed by atoms with Crippen molar-refractivity contribution >= 4 is 28.3 Å². The third-order valence-electron chi connectivity index (χ3n) is 4.16. The van der Waals surface area contributed by atoms with E-state index in [0.717, 1.165) is 10.4 Å². The van der Waals surface area contributed by atoms with Crippen molar-refractivity contribution in [2.24, 2.45) is 0 Å². The van der Waals surface area contributed by atoms with Crippen LogP contribution in [0.5, 0.6) is 5.75 Å². The molecule has 0 atom stereocenters. The van der Waals surface area contributed by atoms with Gasteiger partial charge in [0.15, 0.2) is 0 Å². The topological polar surface area (TPSA) is 91.7 Å². The number of ether oxygens (including phenoxy) is 2. The number of carbonyl (C=O) groups is 2. The lowest BCUT2D eigenvalue weighted by Gasteiger charge is -2.25. The van der Waals surface area contributed by atoms with E-state index in [1.54, 1.807) is 29.2 Å². The van der Waals surface area contributed by atoms with E-state index in [-0.39, 0.29) is 5.91 Å². The van der Waals surface area contributed by atoms with Crippen LogP contribution in [0.1, 0.15) is 26.4 Å². The second kappa shape index (κ2) is 7.45. The quantitative estimate of drug-likeness (QED) is 0.895. The molecule has 0 aliphatic carbocycles. The molecule has 1 aliphatic heterocycles. The van der Waals surface area contributed by atoms with Crippen LogP contribution in [0, 0.1) is 11.3 Å². The van der Waals surface area contributed by atoms with Crippen LogP contribution >= 0.6 is 11.3 Å². The summed E-state index contributed by atoms with van der Waals surface area (Å²) in [5, 5.41) is 12.8. The molecular formula is C18H17N3O4S. The largest absolute Gasteiger partial charge is 0.497 e. The number of hydrogen-bond acceptors (Lipinski definition) is 6. The van der Waals surface area contributed by atoms with Gasteiger partial charge in [0.1, 0.15) is 16.8 Å². The zero-order valence-electron chi connectivity index (χ0n) is 14.4. The van der Waals surface area contributed by atoms with Gasteiger partial charge in [0.25, 0.3) is 5.91 Å². The Kier molecular flexibility index (Phi) is 5.09. The molecule has 0 fully saturated rings. The summed E-state index contributed by atoms with van der Waals surface area (Å²) < 4.78 is 9.89. The van der Waals surface area contributed by atoms with E-state index >= 15 is 0 Å². The van der Waals surface area contributed by atoms with Gasteiger partial charge in [-0.1, -0.05) is 6.07 Å². The van der Waals surface area contributed by atoms with Gasteiger partial charge < -0.3 is 19.7 Å². The average Bonchev–Trinajstić information content (AvgIpc) is 3.03. The third kappa shape index (κ3) is 3.34. The summed E-state index contributed by atoms with van der Waals surface area (Å²) >= 11 is 1.32. The predicted octanol–water partition coefficient (Wildman–Crippen LogP) is 3.01. The van der Waals surface area contributed by atoms with E-state index in [2.05, 4.69) is 11.4 Å². The fourth-order valence-electron chi connectivity index (χ4n) is 2.83. The first kappa shape index (κ1) is 17.8. The van der Waals surface area contributed by atoms with Gasteiger partial charge in [-0.3, -0.25) is 4.79 Å². The highest BCUT2D eigenvalue weighted by atomic mass is 32.1. The van der Waals surface area contributed by atoms with E-state index in [0.29, 0.717) is 41.4 Å². The Hall–Kier alpha value is -3.05. The molecule has 0 spiro atoms. The van der Waals surface area contributed by atoms with Gasteiger partial charge in [-0.25, -0.2) is 4.79 Å². The molecule has 2 heterocycles. The fourth-order valence-corrected chi connectivity index (χ4v) is 4.04. The molecule has 2 aromatic rings. The zero-order valence-corrected chi connectivity index (χ0v) is 15.2. The SMILES string of the molecule is COC(=O)N1CCc2c(sc(NC(=O)c3cccc(OC)c3)c2C#N)C1. The highest BCUT2D eigenvalue weighted by Crippen LogP contribution is 2.37. The summed E-state index contributed by atoms with van der Waals surface area (Å²) in [6, 6.07) is 8.97. The number of benzene rings is 1. The number of nitrogens with zero attached hydrogens (tertiary/aromatic N) is 2. The van der Waals surface area contributed by atoms with Gasteiger partial charge in [0, 0.05) is 17.0 Å². The fraction of sp³-hybridized carbons (Fsp3) is 0.278. The standard InChI is InChI=1S/C18H17N3O4S/c1-24-12-5-3-4-11(8-12)16(22)20-17-14(9-19)13-6-7-21(18(23)25-2)10-15(13)26-17/h3-5,8H,6-7,10H2,1-2H3,(H,20,22). The minimum absolute atomic E-state index is 0.316. The van der Waals surface area contributed by atoms with E-state index in [9.17, 15) is 14.9 Å². The molecule has 1 N–H and O–H groups in total. The van der Waals surface area contributed by atoms with Crippen molar-refractivity contribution < 1.29 is 19.1 Å². The molecule has 0 radical (unpaired) electrons. The summed E-state index contributed by atoms with van der Waals surface area (Å²) in [7, 11) is 2.87. The molecule has 1 aliphatic rings. The summed E-state index contributed by atoms with van der Waals surface area (Å²) in [4.78, 5) is 26.7. The van der Waals surface area contributed by atoms with E-state index < -0.39 is 6.09 Å². The Labute approximate surface area is 154 Å². The van der Waals surface area contributed by atoms with E-state index in [1.165, 1.54) is 25.6 Å². The van der Waals surface area contributed by atoms with Crippen molar-refractivity contribution in [1.29, 1.82) is 5.26 Å². The number of thiophene rings is 1. The zero-order chi connectivity index (χ0) is 18.7. The number of carbonyl (C=O) groups excluding carboxylic acids is 2. The maximum Gasteiger partial charge on any atom is 0.409 e. The van der Waals surface area contributed by atoms with Gasteiger partial charge in [-0.2, -0.15) is 5.26 Å². The number of nitriles is 1. The first-order valence-corrected chi connectivity index (χ1v) is 8.72. The van der Waals surface area contributed by atoms with E-state index in [1.807, 2.05) is 0 Å². The number of rotatable bonds is 3.